The Kier molecular flexibility index (Phi) is 5.49. The second-order valence-corrected chi connectivity index (χ2v) is 7.47. The Bertz CT molecular complexity index is 453. The van der Waals surface area contributed by atoms with E-state index in [0.29, 0.717) is 5.75 Å². The van der Waals surface area contributed by atoms with Crippen LogP contribution in [-0.2, 0) is 9.84 Å². The topological polar surface area (TPSA) is 54.4 Å². The Morgan fingerprint density at radius 3 is 2.71 bits per heavy atom. The number of aliphatic hydroxyl groups excluding tert-OH is 1. The lowest BCUT2D eigenvalue weighted by Gasteiger charge is -2.07. The van der Waals surface area contributed by atoms with Gasteiger partial charge in [0, 0.05) is 16.4 Å². The van der Waals surface area contributed by atoms with Crippen molar-refractivity contribution < 1.29 is 13.5 Å². The van der Waals surface area contributed by atoms with E-state index in [9.17, 15) is 13.5 Å². The van der Waals surface area contributed by atoms with Gasteiger partial charge in [0.25, 0.3) is 0 Å². The molecule has 0 bridgehead atoms. The van der Waals surface area contributed by atoms with Gasteiger partial charge in [0.2, 0.25) is 0 Å². The molecular formula is C12H18O3S2. The van der Waals surface area contributed by atoms with Crippen LogP contribution >= 0.6 is 11.8 Å². The zero-order valence-corrected chi connectivity index (χ0v) is 11.7. The van der Waals surface area contributed by atoms with Crippen LogP contribution < -0.4 is 0 Å². The lowest BCUT2D eigenvalue weighted by Crippen LogP contribution is -2.10. The Labute approximate surface area is 107 Å². The quantitative estimate of drug-likeness (QED) is 0.809. The molecule has 17 heavy (non-hydrogen) atoms. The molecule has 0 aromatic heterocycles. The molecule has 0 aliphatic heterocycles. The van der Waals surface area contributed by atoms with E-state index in [1.807, 2.05) is 24.3 Å². The molecule has 1 rings (SSSR count). The van der Waals surface area contributed by atoms with Crippen LogP contribution in [0.15, 0.2) is 29.2 Å². The van der Waals surface area contributed by atoms with Crippen molar-refractivity contribution in [3.8, 4) is 0 Å². The van der Waals surface area contributed by atoms with Crippen LogP contribution in [0.3, 0.4) is 0 Å². The molecule has 1 atom stereocenters. The Morgan fingerprint density at radius 1 is 1.41 bits per heavy atom. The van der Waals surface area contributed by atoms with Crippen molar-refractivity contribution in [3.05, 3.63) is 29.8 Å². The van der Waals surface area contributed by atoms with Crippen molar-refractivity contribution in [1.29, 1.82) is 0 Å². The predicted octanol–water partition coefficient (Wildman–Crippen LogP) is 2.27. The monoisotopic (exact) mass is 274 g/mol. The molecule has 96 valence electrons. The first-order valence-electron chi connectivity index (χ1n) is 5.56. The molecule has 0 spiro atoms. The molecule has 1 N–H and O–H groups in total. The molecule has 0 saturated carbocycles. The summed E-state index contributed by atoms with van der Waals surface area (Å²) in [6, 6.07) is 7.55. The first-order valence-corrected chi connectivity index (χ1v) is 8.36. The zero-order chi connectivity index (χ0) is 12.9. The minimum Gasteiger partial charge on any atom is -0.389 e. The standard InChI is InChI=1S/C12H18O3S2/c1-3-17(14,15)8-7-16-12-6-4-5-11(9-12)10(2)13/h4-6,9-10,13H,3,7-8H2,1-2H3. The van der Waals surface area contributed by atoms with Gasteiger partial charge in [-0.1, -0.05) is 19.1 Å². The van der Waals surface area contributed by atoms with E-state index in [1.165, 1.54) is 11.8 Å². The van der Waals surface area contributed by atoms with Gasteiger partial charge in [0.1, 0.15) is 0 Å². The minimum absolute atomic E-state index is 0.196. The Balaban J connectivity index is 2.55. The summed E-state index contributed by atoms with van der Waals surface area (Å²) in [5.41, 5.74) is 0.855. The molecule has 5 heteroatoms. The molecule has 0 fully saturated rings. The molecule has 0 saturated heterocycles. The number of rotatable bonds is 6. The first kappa shape index (κ1) is 14.5. The molecule has 0 heterocycles. The lowest BCUT2D eigenvalue weighted by molar-refractivity contribution is 0.199. The van der Waals surface area contributed by atoms with Gasteiger partial charge in [-0.2, -0.15) is 0 Å². The summed E-state index contributed by atoms with van der Waals surface area (Å²) in [7, 11) is -2.89. The van der Waals surface area contributed by atoms with Gasteiger partial charge in [0.15, 0.2) is 9.84 Å². The summed E-state index contributed by atoms with van der Waals surface area (Å²) < 4.78 is 22.6. The largest absolute Gasteiger partial charge is 0.389 e. The van der Waals surface area contributed by atoms with E-state index in [0.717, 1.165) is 10.5 Å². The van der Waals surface area contributed by atoms with Crippen molar-refractivity contribution in [2.45, 2.75) is 24.8 Å². The first-order chi connectivity index (χ1) is 7.94. The number of sulfone groups is 1. The minimum atomic E-state index is -2.89. The van der Waals surface area contributed by atoms with Crippen LogP contribution in [0, 0.1) is 0 Å². The maximum Gasteiger partial charge on any atom is 0.150 e. The summed E-state index contributed by atoms with van der Waals surface area (Å²) in [6.45, 7) is 3.37. The van der Waals surface area contributed by atoms with Crippen LogP contribution in [0.25, 0.3) is 0 Å². The van der Waals surface area contributed by atoms with Gasteiger partial charge in [-0.15, -0.1) is 11.8 Å². The third kappa shape index (κ3) is 5.10. The molecule has 0 radical (unpaired) electrons. The van der Waals surface area contributed by atoms with Crippen molar-refractivity contribution in [2.75, 3.05) is 17.3 Å². The third-order valence-corrected chi connectivity index (χ3v) is 5.40. The fourth-order valence-electron chi connectivity index (χ4n) is 1.30. The molecule has 0 aliphatic rings. The van der Waals surface area contributed by atoms with Crippen molar-refractivity contribution in [2.24, 2.45) is 0 Å². The molecule has 0 aliphatic carbocycles. The van der Waals surface area contributed by atoms with Gasteiger partial charge in [-0.25, -0.2) is 8.42 Å². The molecule has 3 nitrogen and oxygen atoms in total. The summed E-state index contributed by atoms with van der Waals surface area (Å²) in [5.74, 6) is 0.952. The van der Waals surface area contributed by atoms with Crippen LogP contribution in [0.4, 0.5) is 0 Å². The van der Waals surface area contributed by atoms with E-state index in [-0.39, 0.29) is 11.5 Å². The lowest BCUT2D eigenvalue weighted by atomic mass is 10.1. The summed E-state index contributed by atoms with van der Waals surface area (Å²) in [5, 5.41) is 9.44. The summed E-state index contributed by atoms with van der Waals surface area (Å²) >= 11 is 1.50. The van der Waals surface area contributed by atoms with Gasteiger partial charge in [-0.3, -0.25) is 0 Å². The zero-order valence-electron chi connectivity index (χ0n) is 10.1. The highest BCUT2D eigenvalue weighted by molar-refractivity contribution is 8.00. The third-order valence-electron chi connectivity index (χ3n) is 2.44. The SMILES string of the molecule is CCS(=O)(=O)CCSc1cccc(C(C)O)c1. The highest BCUT2D eigenvalue weighted by Crippen LogP contribution is 2.22. The van der Waals surface area contributed by atoms with Crippen molar-refractivity contribution in [1.82, 2.24) is 0 Å². The molecular weight excluding hydrogens is 256 g/mol. The fraction of sp³-hybridized carbons (Fsp3) is 0.500. The maximum absolute atomic E-state index is 11.3. The molecule has 1 aromatic carbocycles. The number of thioether (sulfide) groups is 1. The summed E-state index contributed by atoms with van der Waals surface area (Å²) in [4.78, 5) is 0.995. The highest BCUT2D eigenvalue weighted by Gasteiger charge is 2.07. The van der Waals surface area contributed by atoms with Crippen molar-refractivity contribution in [3.63, 3.8) is 0 Å². The van der Waals surface area contributed by atoms with E-state index < -0.39 is 15.9 Å². The van der Waals surface area contributed by atoms with Gasteiger partial charge < -0.3 is 5.11 Å². The maximum atomic E-state index is 11.3. The fourth-order valence-corrected chi connectivity index (χ4v) is 3.56. The number of aliphatic hydroxyl groups is 1. The Hall–Kier alpha value is -0.520. The molecule has 0 amide bonds. The van der Waals surface area contributed by atoms with E-state index in [2.05, 4.69) is 0 Å². The normalized spacial score (nSPS) is 13.6. The van der Waals surface area contributed by atoms with Crippen LogP contribution in [0.5, 0.6) is 0 Å². The average molecular weight is 274 g/mol. The van der Waals surface area contributed by atoms with Crippen molar-refractivity contribution >= 4 is 21.6 Å². The van der Waals surface area contributed by atoms with E-state index in [1.54, 1.807) is 13.8 Å². The number of hydrogen-bond donors (Lipinski definition) is 1. The smallest absolute Gasteiger partial charge is 0.150 e. The predicted molar refractivity (Wildman–Crippen MR) is 72.1 cm³/mol. The van der Waals surface area contributed by atoms with Crippen LogP contribution in [-0.4, -0.2) is 30.8 Å². The van der Waals surface area contributed by atoms with Crippen LogP contribution in [0.2, 0.25) is 0 Å². The van der Waals surface area contributed by atoms with Gasteiger partial charge >= 0.3 is 0 Å². The Morgan fingerprint density at radius 2 is 2.12 bits per heavy atom. The van der Waals surface area contributed by atoms with E-state index >= 15 is 0 Å². The average Bonchev–Trinajstić information content (AvgIpc) is 2.29. The number of hydrogen-bond acceptors (Lipinski definition) is 4. The van der Waals surface area contributed by atoms with Gasteiger partial charge in [0.05, 0.1) is 11.9 Å². The second-order valence-electron chi connectivity index (χ2n) is 3.83. The highest BCUT2D eigenvalue weighted by atomic mass is 32.2. The van der Waals surface area contributed by atoms with Gasteiger partial charge in [-0.05, 0) is 24.6 Å². The van der Waals surface area contributed by atoms with E-state index in [4.69, 9.17) is 0 Å². The second kappa shape index (κ2) is 6.42. The summed E-state index contributed by atoms with van der Waals surface area (Å²) in [6.07, 6.45) is -0.491. The van der Waals surface area contributed by atoms with Crippen LogP contribution in [0.1, 0.15) is 25.5 Å². The molecule has 1 aromatic rings. The molecule has 1 unspecified atom stereocenters. The number of benzene rings is 1.